The number of unbranched alkanes of at least 4 members (excludes halogenated alkanes) is 7. The third-order valence-electron chi connectivity index (χ3n) is 8.35. The summed E-state index contributed by atoms with van der Waals surface area (Å²) < 4.78 is 2.57. The highest BCUT2D eigenvalue weighted by Gasteiger charge is 2.29. The molecule has 2 aliphatic rings. The van der Waals surface area contributed by atoms with Gasteiger partial charge in [-0.15, -0.1) is 0 Å². The van der Waals surface area contributed by atoms with E-state index in [0.717, 1.165) is 12.1 Å². The summed E-state index contributed by atoms with van der Waals surface area (Å²) in [5.74, 6) is 0. The predicted molar refractivity (Wildman–Crippen MR) is 125 cm³/mol. The third-order valence-corrected chi connectivity index (χ3v) is 8.35. The molecule has 182 valence electrons. The van der Waals surface area contributed by atoms with Crippen molar-refractivity contribution < 1.29 is 56.9 Å². The van der Waals surface area contributed by atoms with Crippen LogP contribution in [0.4, 0.5) is 0 Å². The average Bonchev–Trinajstić information content (AvgIpc) is 2.70. The first-order valence-corrected chi connectivity index (χ1v) is 13.1. The van der Waals surface area contributed by atoms with Crippen molar-refractivity contribution in [2.75, 3.05) is 41.3 Å². The largest absolute Gasteiger partial charge is 1.00 e. The Labute approximate surface area is 224 Å². The molecule has 0 bridgehead atoms. The summed E-state index contributed by atoms with van der Waals surface area (Å²) in [6.45, 7) is 2.80. The lowest BCUT2D eigenvalue weighted by Crippen LogP contribution is -3.00. The van der Waals surface area contributed by atoms with Gasteiger partial charge in [0.15, 0.2) is 0 Å². The second-order valence-corrected chi connectivity index (χ2v) is 11.4. The molecule has 0 atom stereocenters. The maximum atomic E-state index is 2.49. The predicted octanol–water partition coefficient (Wildman–Crippen LogP) is 0.933. The highest BCUT2D eigenvalue weighted by Crippen LogP contribution is 2.27. The van der Waals surface area contributed by atoms with Gasteiger partial charge in [-0.2, -0.15) is 0 Å². The van der Waals surface area contributed by atoms with Crippen LogP contribution >= 0.6 is 0 Å². The number of hydrogen-bond donors (Lipinski definition) is 0. The van der Waals surface area contributed by atoms with Crippen molar-refractivity contribution in [3.8, 4) is 0 Å². The van der Waals surface area contributed by atoms with E-state index in [1.54, 1.807) is 0 Å². The highest BCUT2D eigenvalue weighted by molar-refractivity contribution is 4.67. The molecule has 0 N–H and O–H groups in total. The monoisotopic (exact) mass is 648 g/mol. The Morgan fingerprint density at radius 1 is 0.433 bits per heavy atom. The second kappa shape index (κ2) is 16.9. The lowest BCUT2D eigenvalue weighted by Gasteiger charge is -2.40. The van der Waals surface area contributed by atoms with E-state index in [1.807, 2.05) is 0 Å². The Bertz CT molecular complexity index is 362. The van der Waals surface area contributed by atoms with Crippen molar-refractivity contribution in [2.24, 2.45) is 0 Å². The van der Waals surface area contributed by atoms with Crippen molar-refractivity contribution in [1.82, 2.24) is 0 Å². The maximum Gasteiger partial charge on any atom is 0.0886 e. The zero-order valence-corrected chi connectivity index (χ0v) is 25.3. The van der Waals surface area contributed by atoms with Crippen LogP contribution in [0.2, 0.25) is 0 Å². The Hall–Kier alpha value is 1.38. The van der Waals surface area contributed by atoms with Gasteiger partial charge in [-0.3, -0.25) is 0 Å². The molecule has 0 radical (unpaired) electrons. The molecule has 0 unspecified atom stereocenters. The van der Waals surface area contributed by atoms with Crippen molar-refractivity contribution >= 4 is 0 Å². The number of hydrogen-bond acceptors (Lipinski definition) is 0. The fourth-order valence-electron chi connectivity index (χ4n) is 6.02. The zero-order chi connectivity index (χ0) is 20.3. The Balaban J connectivity index is 0.00000420. The molecule has 0 spiro atoms. The first-order chi connectivity index (χ1) is 13.4. The SMILES string of the molecule is C[N+](C)(CCCCCCCCCC[N+](C)(C)C1CCCCC1)C1CCCCC1.[I-].[I-]. The van der Waals surface area contributed by atoms with Gasteiger partial charge in [0.25, 0.3) is 0 Å². The van der Waals surface area contributed by atoms with Crippen molar-refractivity contribution in [3.05, 3.63) is 0 Å². The van der Waals surface area contributed by atoms with Gasteiger partial charge < -0.3 is 56.9 Å². The minimum atomic E-state index is 0. The first kappa shape index (κ1) is 31.4. The molecule has 2 fully saturated rings. The molecule has 0 aliphatic heterocycles. The van der Waals surface area contributed by atoms with Crippen LogP contribution in [0.5, 0.6) is 0 Å². The molecule has 2 aliphatic carbocycles. The van der Waals surface area contributed by atoms with Crippen LogP contribution in [0.3, 0.4) is 0 Å². The molecule has 0 aromatic rings. The van der Waals surface area contributed by atoms with E-state index < -0.39 is 0 Å². The van der Waals surface area contributed by atoms with E-state index in [4.69, 9.17) is 0 Å². The molecule has 0 heterocycles. The summed E-state index contributed by atoms with van der Waals surface area (Å²) in [6, 6.07) is 1.90. The molecule has 2 rings (SSSR count). The quantitative estimate of drug-likeness (QED) is 0.159. The normalized spacial score (nSPS) is 19.2. The summed E-state index contributed by atoms with van der Waals surface area (Å²) in [5.41, 5.74) is 0. The van der Waals surface area contributed by atoms with E-state index >= 15 is 0 Å². The fourth-order valence-corrected chi connectivity index (χ4v) is 6.02. The van der Waals surface area contributed by atoms with Crippen LogP contribution in [0.25, 0.3) is 0 Å². The van der Waals surface area contributed by atoms with Gasteiger partial charge in [-0.25, -0.2) is 0 Å². The van der Waals surface area contributed by atoms with Crippen molar-refractivity contribution in [1.29, 1.82) is 0 Å². The van der Waals surface area contributed by atoms with Gasteiger partial charge in [-0.1, -0.05) is 38.5 Å². The van der Waals surface area contributed by atoms with E-state index in [2.05, 4.69) is 28.2 Å². The third kappa shape index (κ3) is 12.0. The molecule has 2 saturated carbocycles. The van der Waals surface area contributed by atoms with E-state index in [-0.39, 0.29) is 48.0 Å². The lowest BCUT2D eigenvalue weighted by molar-refractivity contribution is -0.916. The Kier molecular flexibility index (Phi) is 17.7. The van der Waals surface area contributed by atoms with Gasteiger partial charge >= 0.3 is 0 Å². The van der Waals surface area contributed by atoms with Gasteiger partial charge in [0.05, 0.1) is 53.4 Å². The molecule has 0 aromatic heterocycles. The van der Waals surface area contributed by atoms with Crippen LogP contribution in [-0.4, -0.2) is 62.3 Å². The number of nitrogens with zero attached hydrogens (tertiary/aromatic N) is 2. The number of rotatable bonds is 13. The van der Waals surface area contributed by atoms with E-state index in [9.17, 15) is 0 Å². The molecule has 0 amide bonds. The summed E-state index contributed by atoms with van der Waals surface area (Å²) in [5, 5.41) is 0. The number of quaternary nitrogens is 2. The Morgan fingerprint density at radius 3 is 1.00 bits per heavy atom. The van der Waals surface area contributed by atoms with Crippen LogP contribution in [-0.2, 0) is 0 Å². The van der Waals surface area contributed by atoms with Crippen LogP contribution in [0.1, 0.15) is 116 Å². The van der Waals surface area contributed by atoms with Crippen molar-refractivity contribution in [3.63, 3.8) is 0 Å². The smallest absolute Gasteiger partial charge is 0.0886 e. The molecule has 30 heavy (non-hydrogen) atoms. The lowest BCUT2D eigenvalue weighted by atomic mass is 9.92. The summed E-state index contributed by atoms with van der Waals surface area (Å²) in [6.07, 6.45) is 26.4. The molecule has 0 saturated heterocycles. The number of halogens is 2. The first-order valence-electron chi connectivity index (χ1n) is 13.1. The van der Waals surface area contributed by atoms with Gasteiger partial charge in [0, 0.05) is 0 Å². The highest BCUT2D eigenvalue weighted by atomic mass is 127. The molecule has 2 nitrogen and oxygen atoms in total. The van der Waals surface area contributed by atoms with E-state index in [1.165, 1.54) is 138 Å². The molecule has 4 heteroatoms. The fraction of sp³-hybridized carbons (Fsp3) is 1.00. The van der Waals surface area contributed by atoms with Crippen molar-refractivity contribution in [2.45, 2.75) is 128 Å². The van der Waals surface area contributed by atoms with Crippen LogP contribution < -0.4 is 48.0 Å². The van der Waals surface area contributed by atoms with Gasteiger partial charge in [-0.05, 0) is 77.0 Å². The minimum absolute atomic E-state index is 0. The summed E-state index contributed by atoms with van der Waals surface area (Å²) in [7, 11) is 9.96. The standard InChI is InChI=1S/C26H54N2.2HI/c1-27(2,25-19-13-11-14-20-25)23-17-9-7-5-6-8-10-18-24-28(3,4)26-21-15-12-16-22-26;;/h25-26H,5-24H2,1-4H3;2*1H/q+2;;/p-2. The van der Waals surface area contributed by atoms with Gasteiger partial charge in [0.2, 0.25) is 0 Å². The topological polar surface area (TPSA) is 0 Å². The average molecular weight is 649 g/mol. The Morgan fingerprint density at radius 2 is 0.700 bits per heavy atom. The van der Waals surface area contributed by atoms with Crippen LogP contribution in [0.15, 0.2) is 0 Å². The molecular weight excluding hydrogens is 594 g/mol. The molecule has 0 aromatic carbocycles. The van der Waals surface area contributed by atoms with Crippen LogP contribution in [0, 0.1) is 0 Å². The second-order valence-electron chi connectivity index (χ2n) is 11.4. The summed E-state index contributed by atoms with van der Waals surface area (Å²) >= 11 is 0. The zero-order valence-electron chi connectivity index (χ0n) is 20.9. The molecular formula is C26H54I2N2. The maximum absolute atomic E-state index is 2.49. The summed E-state index contributed by atoms with van der Waals surface area (Å²) in [4.78, 5) is 0. The van der Waals surface area contributed by atoms with E-state index in [0.29, 0.717) is 0 Å². The minimum Gasteiger partial charge on any atom is -1.00 e. The van der Waals surface area contributed by atoms with Gasteiger partial charge in [0.1, 0.15) is 0 Å².